The highest BCUT2D eigenvalue weighted by Gasteiger charge is 2.55. The highest BCUT2D eigenvalue weighted by molar-refractivity contribution is 5.80. The number of nitrogens with zero attached hydrogens (tertiary/aromatic N) is 1. The third-order valence-electron chi connectivity index (χ3n) is 7.05. The SMILES string of the molecule is COc1ccc(C[C@]2(O)C3CCCCC3CC(O)N2C(=O)C2CCC2)cc1. The molecule has 2 aliphatic carbocycles. The zero-order valence-electron chi connectivity index (χ0n) is 16.1. The molecule has 5 heteroatoms. The fraction of sp³-hybridized carbons (Fsp3) is 0.682. The van der Waals surface area contributed by atoms with E-state index < -0.39 is 12.0 Å². The smallest absolute Gasteiger partial charge is 0.230 e. The summed E-state index contributed by atoms with van der Waals surface area (Å²) >= 11 is 0. The lowest BCUT2D eigenvalue weighted by molar-refractivity contribution is -0.251. The molecule has 2 saturated carbocycles. The number of rotatable bonds is 4. The second-order valence-electron chi connectivity index (χ2n) is 8.61. The Morgan fingerprint density at radius 1 is 1.15 bits per heavy atom. The molecule has 2 N–H and O–H groups in total. The molecular formula is C22H31NO4. The molecule has 1 amide bonds. The summed E-state index contributed by atoms with van der Waals surface area (Å²) in [4.78, 5) is 14.6. The Morgan fingerprint density at radius 2 is 1.85 bits per heavy atom. The van der Waals surface area contributed by atoms with Crippen molar-refractivity contribution in [2.75, 3.05) is 7.11 Å². The third-order valence-corrected chi connectivity index (χ3v) is 7.05. The van der Waals surface area contributed by atoms with Gasteiger partial charge in [-0.05, 0) is 55.7 Å². The van der Waals surface area contributed by atoms with Crippen LogP contribution in [0.5, 0.6) is 5.75 Å². The second-order valence-corrected chi connectivity index (χ2v) is 8.61. The first-order valence-electron chi connectivity index (χ1n) is 10.4. The number of hydrogen-bond acceptors (Lipinski definition) is 4. The van der Waals surface area contributed by atoms with Gasteiger partial charge in [0.05, 0.1) is 7.11 Å². The van der Waals surface area contributed by atoms with Gasteiger partial charge >= 0.3 is 0 Å². The molecule has 1 heterocycles. The monoisotopic (exact) mass is 373 g/mol. The summed E-state index contributed by atoms with van der Waals surface area (Å²) in [6.45, 7) is 0. The Kier molecular flexibility index (Phi) is 5.17. The maximum Gasteiger partial charge on any atom is 0.230 e. The minimum Gasteiger partial charge on any atom is -0.497 e. The first-order chi connectivity index (χ1) is 13.0. The van der Waals surface area contributed by atoms with E-state index in [-0.39, 0.29) is 23.7 Å². The summed E-state index contributed by atoms with van der Waals surface area (Å²) in [5, 5.41) is 22.8. The standard InChI is InChI=1S/C22H31NO4/c1-27-18-11-9-15(10-12-18)14-22(26)19-8-3-2-5-17(19)13-20(24)23(22)21(25)16-6-4-7-16/h9-12,16-17,19-20,24,26H,2-8,13-14H2,1H3/t17?,19?,20?,22-/m0/s1. The number of amides is 1. The molecule has 4 rings (SSSR count). The van der Waals surface area contributed by atoms with E-state index in [1.807, 2.05) is 24.3 Å². The van der Waals surface area contributed by atoms with E-state index in [9.17, 15) is 15.0 Å². The summed E-state index contributed by atoms with van der Waals surface area (Å²) < 4.78 is 5.23. The molecule has 0 spiro atoms. The normalized spacial score (nSPS) is 33.9. The van der Waals surface area contributed by atoms with Gasteiger partial charge in [-0.1, -0.05) is 31.4 Å². The lowest BCUT2D eigenvalue weighted by Gasteiger charge is -2.56. The zero-order valence-corrected chi connectivity index (χ0v) is 16.1. The number of likely N-dealkylation sites (tertiary alicyclic amines) is 1. The number of piperidine rings is 1. The summed E-state index contributed by atoms with van der Waals surface area (Å²) in [5.74, 6) is 0.978. The van der Waals surface area contributed by atoms with Crippen molar-refractivity contribution in [2.45, 2.75) is 69.7 Å². The van der Waals surface area contributed by atoms with Crippen LogP contribution in [-0.4, -0.2) is 40.1 Å². The van der Waals surface area contributed by atoms with Gasteiger partial charge in [0.15, 0.2) is 0 Å². The first kappa shape index (κ1) is 18.8. The van der Waals surface area contributed by atoms with Crippen LogP contribution in [0.25, 0.3) is 0 Å². The van der Waals surface area contributed by atoms with Crippen LogP contribution in [0.2, 0.25) is 0 Å². The largest absolute Gasteiger partial charge is 0.497 e. The molecule has 0 aromatic heterocycles. The molecule has 1 aromatic carbocycles. The van der Waals surface area contributed by atoms with E-state index in [1.54, 1.807) is 7.11 Å². The van der Waals surface area contributed by atoms with Gasteiger partial charge in [-0.25, -0.2) is 0 Å². The summed E-state index contributed by atoms with van der Waals surface area (Å²) in [5.41, 5.74) is -0.354. The van der Waals surface area contributed by atoms with Gasteiger partial charge in [0, 0.05) is 18.3 Å². The Labute approximate surface area is 161 Å². The van der Waals surface area contributed by atoms with Crippen LogP contribution in [0.3, 0.4) is 0 Å². The molecule has 1 saturated heterocycles. The van der Waals surface area contributed by atoms with Crippen LogP contribution in [0.4, 0.5) is 0 Å². The number of methoxy groups -OCH3 is 1. The van der Waals surface area contributed by atoms with Crippen molar-refractivity contribution in [1.82, 2.24) is 4.90 Å². The van der Waals surface area contributed by atoms with Gasteiger partial charge in [0.2, 0.25) is 5.91 Å². The molecule has 0 bridgehead atoms. The Hall–Kier alpha value is -1.59. The van der Waals surface area contributed by atoms with Crippen molar-refractivity contribution in [1.29, 1.82) is 0 Å². The van der Waals surface area contributed by atoms with Crippen LogP contribution in [0.15, 0.2) is 24.3 Å². The number of benzene rings is 1. The maximum atomic E-state index is 13.2. The average Bonchev–Trinajstić information content (AvgIpc) is 2.61. The van der Waals surface area contributed by atoms with Crippen molar-refractivity contribution in [3.63, 3.8) is 0 Å². The molecule has 1 aliphatic heterocycles. The molecule has 0 radical (unpaired) electrons. The van der Waals surface area contributed by atoms with Crippen molar-refractivity contribution in [3.05, 3.63) is 29.8 Å². The van der Waals surface area contributed by atoms with Crippen LogP contribution >= 0.6 is 0 Å². The van der Waals surface area contributed by atoms with E-state index in [1.165, 1.54) is 4.90 Å². The van der Waals surface area contributed by atoms with E-state index in [4.69, 9.17) is 4.74 Å². The predicted octanol–water partition coefficient (Wildman–Crippen LogP) is 3.08. The Bertz CT molecular complexity index is 671. The minimum absolute atomic E-state index is 0.0285. The van der Waals surface area contributed by atoms with E-state index in [2.05, 4.69) is 0 Å². The highest BCUT2D eigenvalue weighted by atomic mass is 16.5. The quantitative estimate of drug-likeness (QED) is 0.851. The number of ether oxygens (including phenoxy) is 1. The number of aliphatic hydroxyl groups excluding tert-OH is 1. The van der Waals surface area contributed by atoms with Crippen LogP contribution in [0, 0.1) is 17.8 Å². The molecule has 5 nitrogen and oxygen atoms in total. The number of carbonyl (C=O) groups is 1. The molecule has 3 unspecified atom stereocenters. The molecule has 3 fully saturated rings. The molecule has 148 valence electrons. The van der Waals surface area contributed by atoms with E-state index in [0.29, 0.717) is 12.8 Å². The summed E-state index contributed by atoms with van der Waals surface area (Å²) in [7, 11) is 1.63. The van der Waals surface area contributed by atoms with Gasteiger partial charge in [0.1, 0.15) is 17.7 Å². The molecule has 4 atom stereocenters. The Morgan fingerprint density at radius 3 is 2.48 bits per heavy atom. The predicted molar refractivity (Wildman–Crippen MR) is 102 cm³/mol. The maximum absolute atomic E-state index is 13.2. The first-order valence-corrected chi connectivity index (χ1v) is 10.4. The topological polar surface area (TPSA) is 70.0 Å². The Balaban J connectivity index is 1.67. The lowest BCUT2D eigenvalue weighted by atomic mass is 9.66. The van der Waals surface area contributed by atoms with Crippen molar-refractivity contribution in [3.8, 4) is 5.75 Å². The van der Waals surface area contributed by atoms with Gasteiger partial charge in [-0.15, -0.1) is 0 Å². The highest BCUT2D eigenvalue weighted by Crippen LogP contribution is 2.49. The number of hydrogen-bond donors (Lipinski definition) is 2. The van der Waals surface area contributed by atoms with Crippen LogP contribution < -0.4 is 4.74 Å². The van der Waals surface area contributed by atoms with Gasteiger partial charge in [0.25, 0.3) is 0 Å². The van der Waals surface area contributed by atoms with Gasteiger partial charge < -0.3 is 14.9 Å². The van der Waals surface area contributed by atoms with Crippen LogP contribution in [-0.2, 0) is 11.2 Å². The number of carbonyl (C=O) groups excluding carboxylic acids is 1. The van der Waals surface area contributed by atoms with Crippen molar-refractivity contribution in [2.24, 2.45) is 17.8 Å². The molecule has 27 heavy (non-hydrogen) atoms. The number of aliphatic hydroxyl groups is 2. The minimum atomic E-state index is -1.32. The number of fused-ring (bicyclic) bond motifs is 1. The van der Waals surface area contributed by atoms with Crippen LogP contribution in [0.1, 0.15) is 56.9 Å². The molecular weight excluding hydrogens is 342 g/mol. The van der Waals surface area contributed by atoms with Gasteiger partial charge in [-0.2, -0.15) is 0 Å². The molecule has 3 aliphatic rings. The average molecular weight is 373 g/mol. The fourth-order valence-electron chi connectivity index (χ4n) is 5.36. The van der Waals surface area contributed by atoms with Gasteiger partial charge in [-0.3, -0.25) is 9.69 Å². The molecule has 1 aromatic rings. The summed E-state index contributed by atoms with van der Waals surface area (Å²) in [6, 6.07) is 7.66. The van der Waals surface area contributed by atoms with E-state index >= 15 is 0 Å². The summed E-state index contributed by atoms with van der Waals surface area (Å²) in [6.07, 6.45) is 7.02. The second kappa shape index (κ2) is 7.44. The van der Waals surface area contributed by atoms with E-state index in [0.717, 1.165) is 56.3 Å². The fourth-order valence-corrected chi connectivity index (χ4v) is 5.36. The zero-order chi connectivity index (χ0) is 19.0. The van der Waals surface area contributed by atoms with Crippen molar-refractivity contribution < 1.29 is 19.7 Å². The van der Waals surface area contributed by atoms with Crippen molar-refractivity contribution >= 4 is 5.91 Å². The third kappa shape index (κ3) is 3.36. The lowest BCUT2D eigenvalue weighted by Crippen LogP contribution is -2.68.